The van der Waals surface area contributed by atoms with Crippen LogP contribution < -0.4 is 4.74 Å². The highest BCUT2D eigenvalue weighted by Gasteiger charge is 2.00. The second kappa shape index (κ2) is 5.41. The quantitative estimate of drug-likeness (QED) is 0.721. The molecule has 20 heavy (non-hydrogen) atoms. The van der Waals surface area contributed by atoms with Crippen LogP contribution in [0.5, 0.6) is 5.75 Å². The summed E-state index contributed by atoms with van der Waals surface area (Å²) < 4.78 is 5.76. The van der Waals surface area contributed by atoms with E-state index in [9.17, 15) is 0 Å². The molecule has 3 nitrogen and oxygen atoms in total. The summed E-state index contributed by atoms with van der Waals surface area (Å²) in [6, 6.07) is 19.8. The summed E-state index contributed by atoms with van der Waals surface area (Å²) in [7, 11) is 0. The van der Waals surface area contributed by atoms with E-state index in [1.165, 1.54) is 5.39 Å². The number of aromatic nitrogens is 1. The van der Waals surface area contributed by atoms with Gasteiger partial charge >= 0.3 is 0 Å². The molecule has 1 aromatic heterocycles. The first-order valence-corrected chi connectivity index (χ1v) is 6.32. The molecule has 96 valence electrons. The molecular weight excluding hydrogens is 248 g/mol. The van der Waals surface area contributed by atoms with Crippen molar-refractivity contribution < 1.29 is 4.74 Å². The monoisotopic (exact) mass is 260 g/mol. The Morgan fingerprint density at radius 2 is 1.85 bits per heavy atom. The Kier molecular flexibility index (Phi) is 3.30. The minimum absolute atomic E-state index is 0.407. The van der Waals surface area contributed by atoms with Crippen LogP contribution >= 0.6 is 0 Å². The molecule has 3 aromatic rings. The van der Waals surface area contributed by atoms with Gasteiger partial charge in [0.15, 0.2) is 0 Å². The molecule has 0 amide bonds. The van der Waals surface area contributed by atoms with Gasteiger partial charge in [-0.25, -0.2) is 4.98 Å². The average molecular weight is 260 g/mol. The van der Waals surface area contributed by atoms with E-state index >= 15 is 0 Å². The predicted octanol–water partition coefficient (Wildman–Crippen LogP) is 3.69. The number of nitrogens with zero attached hydrogens (tertiary/aromatic N) is 2. The van der Waals surface area contributed by atoms with Gasteiger partial charge in [-0.3, -0.25) is 0 Å². The van der Waals surface area contributed by atoms with Crippen molar-refractivity contribution in [1.82, 2.24) is 4.98 Å². The van der Waals surface area contributed by atoms with Gasteiger partial charge in [0.05, 0.1) is 0 Å². The summed E-state index contributed by atoms with van der Waals surface area (Å²) in [4.78, 5) is 3.94. The molecule has 1 heterocycles. The van der Waals surface area contributed by atoms with Crippen LogP contribution in [-0.2, 0) is 6.61 Å². The number of hydrogen-bond donors (Lipinski definition) is 0. The van der Waals surface area contributed by atoms with Crippen LogP contribution in [0.4, 0.5) is 0 Å². The Bertz CT molecular complexity index is 790. The lowest BCUT2D eigenvalue weighted by Crippen LogP contribution is -1.96. The van der Waals surface area contributed by atoms with Gasteiger partial charge in [0.2, 0.25) is 0 Å². The van der Waals surface area contributed by atoms with E-state index in [0.717, 1.165) is 16.7 Å². The lowest BCUT2D eigenvalue weighted by atomic mass is 10.1. The van der Waals surface area contributed by atoms with Crippen LogP contribution in [0.3, 0.4) is 0 Å². The number of rotatable bonds is 3. The van der Waals surface area contributed by atoms with Crippen molar-refractivity contribution in [2.45, 2.75) is 6.61 Å². The third-order valence-corrected chi connectivity index (χ3v) is 3.07. The normalized spacial score (nSPS) is 10.2. The molecule has 0 N–H and O–H groups in total. The SMILES string of the molecule is N#Cc1cc(COc2ccc3ccccc3c2)ccn1. The summed E-state index contributed by atoms with van der Waals surface area (Å²) in [5.74, 6) is 0.819. The number of fused-ring (bicyclic) bond motifs is 1. The first-order chi connectivity index (χ1) is 9.85. The van der Waals surface area contributed by atoms with Crippen LogP contribution in [0, 0.1) is 11.3 Å². The van der Waals surface area contributed by atoms with Gasteiger partial charge in [0.25, 0.3) is 0 Å². The number of hydrogen-bond acceptors (Lipinski definition) is 3. The summed E-state index contributed by atoms with van der Waals surface area (Å²) in [6.07, 6.45) is 1.62. The molecule has 2 aromatic carbocycles. The Morgan fingerprint density at radius 1 is 1.00 bits per heavy atom. The molecule has 0 saturated heterocycles. The van der Waals surface area contributed by atoms with Crippen molar-refractivity contribution in [1.29, 1.82) is 5.26 Å². The molecular formula is C17H12N2O. The van der Waals surface area contributed by atoms with Crippen molar-refractivity contribution in [3.8, 4) is 11.8 Å². The second-order valence-electron chi connectivity index (χ2n) is 4.46. The van der Waals surface area contributed by atoms with Crippen LogP contribution in [0.15, 0.2) is 60.8 Å². The molecule has 0 saturated carbocycles. The van der Waals surface area contributed by atoms with Gasteiger partial charge in [-0.2, -0.15) is 5.26 Å². The maximum Gasteiger partial charge on any atom is 0.140 e. The van der Waals surface area contributed by atoms with Crippen molar-refractivity contribution in [2.75, 3.05) is 0 Å². The Balaban J connectivity index is 1.78. The highest BCUT2D eigenvalue weighted by molar-refractivity contribution is 5.83. The standard InChI is InChI=1S/C17H12N2O/c18-11-16-9-13(7-8-19-16)12-20-17-6-5-14-3-1-2-4-15(14)10-17/h1-10H,12H2. The number of ether oxygens (including phenoxy) is 1. The van der Waals surface area contributed by atoms with Crippen molar-refractivity contribution in [2.24, 2.45) is 0 Å². The van der Waals surface area contributed by atoms with Crippen LogP contribution in [0.1, 0.15) is 11.3 Å². The highest BCUT2D eigenvalue weighted by atomic mass is 16.5. The first kappa shape index (κ1) is 12.2. The molecule has 0 bridgehead atoms. The number of benzene rings is 2. The number of pyridine rings is 1. The molecule has 0 atom stereocenters. The smallest absolute Gasteiger partial charge is 0.140 e. The third-order valence-electron chi connectivity index (χ3n) is 3.07. The summed E-state index contributed by atoms with van der Waals surface area (Å²) in [6.45, 7) is 0.426. The van der Waals surface area contributed by atoms with Gasteiger partial charge in [-0.1, -0.05) is 30.3 Å². The van der Waals surface area contributed by atoms with E-state index in [1.54, 1.807) is 12.3 Å². The van der Waals surface area contributed by atoms with Gasteiger partial charge < -0.3 is 4.74 Å². The van der Waals surface area contributed by atoms with Gasteiger partial charge in [0.1, 0.15) is 24.1 Å². The third kappa shape index (κ3) is 2.60. The minimum atomic E-state index is 0.407. The Hall–Kier alpha value is -2.86. The zero-order valence-corrected chi connectivity index (χ0v) is 10.8. The van der Waals surface area contributed by atoms with E-state index in [2.05, 4.69) is 17.1 Å². The molecule has 0 fully saturated rings. The molecule has 3 heteroatoms. The summed E-state index contributed by atoms with van der Waals surface area (Å²) >= 11 is 0. The van der Waals surface area contributed by atoms with Gasteiger partial charge in [-0.05, 0) is 40.6 Å². The molecule has 3 rings (SSSR count). The maximum atomic E-state index is 8.81. The van der Waals surface area contributed by atoms with E-state index in [0.29, 0.717) is 12.3 Å². The molecule has 0 spiro atoms. The van der Waals surface area contributed by atoms with E-state index in [1.807, 2.05) is 42.5 Å². The lowest BCUT2D eigenvalue weighted by Gasteiger charge is -2.07. The second-order valence-corrected chi connectivity index (χ2v) is 4.46. The molecule has 0 aliphatic heterocycles. The van der Waals surface area contributed by atoms with Crippen molar-refractivity contribution in [3.05, 3.63) is 72.1 Å². The lowest BCUT2D eigenvalue weighted by molar-refractivity contribution is 0.306. The topological polar surface area (TPSA) is 45.9 Å². The fraction of sp³-hybridized carbons (Fsp3) is 0.0588. The van der Waals surface area contributed by atoms with Crippen molar-refractivity contribution >= 4 is 10.8 Å². The van der Waals surface area contributed by atoms with Crippen molar-refractivity contribution in [3.63, 3.8) is 0 Å². The molecule has 0 aliphatic carbocycles. The Morgan fingerprint density at radius 3 is 2.70 bits per heavy atom. The largest absolute Gasteiger partial charge is 0.489 e. The summed E-state index contributed by atoms with van der Waals surface area (Å²) in [5, 5.41) is 11.2. The van der Waals surface area contributed by atoms with Crippen LogP contribution in [-0.4, -0.2) is 4.98 Å². The van der Waals surface area contributed by atoms with E-state index in [-0.39, 0.29) is 0 Å². The fourth-order valence-electron chi connectivity index (χ4n) is 2.05. The molecule has 0 unspecified atom stereocenters. The minimum Gasteiger partial charge on any atom is -0.489 e. The zero-order chi connectivity index (χ0) is 13.8. The van der Waals surface area contributed by atoms with Crippen LogP contribution in [0.25, 0.3) is 10.8 Å². The fourth-order valence-corrected chi connectivity index (χ4v) is 2.05. The highest BCUT2D eigenvalue weighted by Crippen LogP contribution is 2.21. The predicted molar refractivity (Wildman–Crippen MR) is 77.2 cm³/mol. The van der Waals surface area contributed by atoms with E-state index in [4.69, 9.17) is 10.00 Å². The summed E-state index contributed by atoms with van der Waals surface area (Å²) in [5.41, 5.74) is 1.34. The average Bonchev–Trinajstić information content (AvgIpc) is 2.53. The van der Waals surface area contributed by atoms with Crippen LogP contribution in [0.2, 0.25) is 0 Å². The maximum absolute atomic E-state index is 8.81. The van der Waals surface area contributed by atoms with Gasteiger partial charge in [-0.15, -0.1) is 0 Å². The Labute approximate surface area is 117 Å². The number of nitriles is 1. The zero-order valence-electron chi connectivity index (χ0n) is 10.8. The molecule has 0 aliphatic rings. The van der Waals surface area contributed by atoms with Gasteiger partial charge in [0, 0.05) is 6.20 Å². The molecule has 0 radical (unpaired) electrons. The first-order valence-electron chi connectivity index (χ1n) is 6.32. The van der Waals surface area contributed by atoms with E-state index < -0.39 is 0 Å².